The van der Waals surface area contributed by atoms with Gasteiger partial charge < -0.3 is 11.1 Å². The minimum Gasteiger partial charge on any atom is -0.368 e. The average Bonchev–Trinajstić information content (AvgIpc) is 2.54. The topological polar surface area (TPSA) is 115 Å². The van der Waals surface area contributed by atoms with Crippen LogP contribution in [-0.4, -0.2) is 22.8 Å². The Morgan fingerprint density at radius 3 is 2.27 bits per heavy atom. The summed E-state index contributed by atoms with van der Waals surface area (Å²) in [5.41, 5.74) is 4.17. The van der Waals surface area contributed by atoms with Crippen LogP contribution in [0, 0.1) is 27.6 Å². The molecule has 10 heteroatoms. The SMILES string of the molecule is NC(=O)[C@@H](Cc1ccc(F)c([N+](=O)[O-])c1)NC(=O)c1cc(F)cc(F)c1. The van der Waals surface area contributed by atoms with Crippen LogP contribution in [0.3, 0.4) is 0 Å². The van der Waals surface area contributed by atoms with Crippen LogP contribution in [-0.2, 0) is 11.2 Å². The summed E-state index contributed by atoms with van der Waals surface area (Å²) in [6.07, 6.45) is -0.278. The van der Waals surface area contributed by atoms with Crippen LogP contribution in [0.4, 0.5) is 18.9 Å². The summed E-state index contributed by atoms with van der Waals surface area (Å²) in [6.45, 7) is 0. The van der Waals surface area contributed by atoms with Gasteiger partial charge in [0.15, 0.2) is 0 Å². The maximum Gasteiger partial charge on any atom is 0.305 e. The van der Waals surface area contributed by atoms with E-state index in [9.17, 15) is 32.9 Å². The van der Waals surface area contributed by atoms with Crippen molar-refractivity contribution in [1.82, 2.24) is 5.32 Å². The Kier molecular flexibility index (Phi) is 5.55. The Morgan fingerprint density at radius 1 is 1.12 bits per heavy atom. The summed E-state index contributed by atoms with van der Waals surface area (Å²) in [7, 11) is 0. The van der Waals surface area contributed by atoms with Crippen LogP contribution in [0.1, 0.15) is 15.9 Å². The van der Waals surface area contributed by atoms with Crippen LogP contribution in [0.5, 0.6) is 0 Å². The smallest absolute Gasteiger partial charge is 0.305 e. The largest absolute Gasteiger partial charge is 0.368 e. The number of hydrogen-bond donors (Lipinski definition) is 2. The lowest BCUT2D eigenvalue weighted by Crippen LogP contribution is -2.45. The molecule has 0 aromatic heterocycles. The molecule has 2 amide bonds. The average molecular weight is 367 g/mol. The van der Waals surface area contributed by atoms with E-state index in [0.717, 1.165) is 24.3 Å². The van der Waals surface area contributed by atoms with E-state index >= 15 is 0 Å². The van der Waals surface area contributed by atoms with Crippen LogP contribution in [0.2, 0.25) is 0 Å². The zero-order valence-electron chi connectivity index (χ0n) is 13.0. The number of amides is 2. The number of nitrogens with zero attached hydrogens (tertiary/aromatic N) is 1. The first-order valence-corrected chi connectivity index (χ1v) is 7.16. The second-order valence-corrected chi connectivity index (χ2v) is 5.33. The number of primary amides is 1. The number of nitrogens with two attached hydrogens (primary N) is 1. The number of nitrogens with one attached hydrogen (secondary N) is 1. The van der Waals surface area contributed by atoms with E-state index in [-0.39, 0.29) is 17.5 Å². The number of carbonyl (C=O) groups excluding carboxylic acids is 2. The molecule has 0 spiro atoms. The van der Waals surface area contributed by atoms with Crippen molar-refractivity contribution in [2.24, 2.45) is 5.73 Å². The summed E-state index contributed by atoms with van der Waals surface area (Å²) in [4.78, 5) is 33.4. The summed E-state index contributed by atoms with van der Waals surface area (Å²) >= 11 is 0. The summed E-state index contributed by atoms with van der Waals surface area (Å²) in [5.74, 6) is -4.99. The molecular weight excluding hydrogens is 355 g/mol. The van der Waals surface area contributed by atoms with Crippen molar-refractivity contribution >= 4 is 17.5 Å². The molecule has 0 aliphatic heterocycles. The minimum absolute atomic E-state index is 0.160. The van der Waals surface area contributed by atoms with Gasteiger partial charge >= 0.3 is 5.69 Å². The highest BCUT2D eigenvalue weighted by Crippen LogP contribution is 2.19. The van der Waals surface area contributed by atoms with Crippen LogP contribution in [0.25, 0.3) is 0 Å². The van der Waals surface area contributed by atoms with Gasteiger partial charge in [-0.15, -0.1) is 0 Å². The Hall–Kier alpha value is -3.43. The number of nitro groups is 1. The number of hydrogen-bond acceptors (Lipinski definition) is 4. The molecule has 2 aromatic rings. The van der Waals surface area contributed by atoms with Gasteiger partial charge in [-0.25, -0.2) is 8.78 Å². The predicted molar refractivity (Wildman–Crippen MR) is 83.6 cm³/mol. The molecule has 2 aromatic carbocycles. The lowest BCUT2D eigenvalue weighted by atomic mass is 10.0. The lowest BCUT2D eigenvalue weighted by Gasteiger charge is -2.16. The monoisotopic (exact) mass is 367 g/mol. The quantitative estimate of drug-likeness (QED) is 0.599. The third-order valence-electron chi connectivity index (χ3n) is 3.42. The molecular formula is C16H12F3N3O4. The highest BCUT2D eigenvalue weighted by molar-refractivity contribution is 5.97. The van der Waals surface area contributed by atoms with Crippen molar-refractivity contribution < 1.29 is 27.7 Å². The molecule has 0 radical (unpaired) electrons. The zero-order chi connectivity index (χ0) is 19.4. The van der Waals surface area contributed by atoms with Gasteiger partial charge in [0.05, 0.1) is 4.92 Å². The number of halogens is 3. The molecule has 0 bridgehead atoms. The van der Waals surface area contributed by atoms with E-state index in [1.165, 1.54) is 6.07 Å². The summed E-state index contributed by atoms with van der Waals surface area (Å²) in [5, 5.41) is 12.9. The molecule has 7 nitrogen and oxygen atoms in total. The molecule has 3 N–H and O–H groups in total. The molecule has 26 heavy (non-hydrogen) atoms. The van der Waals surface area contributed by atoms with Gasteiger partial charge in [-0.05, 0) is 23.8 Å². The molecule has 0 aliphatic rings. The Bertz CT molecular complexity index is 869. The molecule has 2 rings (SSSR count). The molecule has 0 saturated carbocycles. The predicted octanol–water partition coefficient (Wildman–Crippen LogP) is 1.84. The fourth-order valence-corrected chi connectivity index (χ4v) is 2.21. The third kappa shape index (κ3) is 4.56. The van der Waals surface area contributed by atoms with E-state index in [1.54, 1.807) is 0 Å². The van der Waals surface area contributed by atoms with Gasteiger partial charge in [0.25, 0.3) is 5.91 Å². The van der Waals surface area contributed by atoms with Gasteiger partial charge in [0.2, 0.25) is 11.7 Å². The minimum atomic E-state index is -1.33. The van der Waals surface area contributed by atoms with Crippen molar-refractivity contribution in [3.63, 3.8) is 0 Å². The number of nitro benzene ring substituents is 1. The first-order chi connectivity index (χ1) is 12.2. The third-order valence-corrected chi connectivity index (χ3v) is 3.42. The van der Waals surface area contributed by atoms with Crippen LogP contribution >= 0.6 is 0 Å². The first-order valence-electron chi connectivity index (χ1n) is 7.16. The van der Waals surface area contributed by atoms with Gasteiger partial charge in [0, 0.05) is 24.1 Å². The van der Waals surface area contributed by atoms with Crippen molar-refractivity contribution in [1.29, 1.82) is 0 Å². The Balaban J connectivity index is 2.22. The standard InChI is InChI=1S/C16H12F3N3O4/c17-10-5-9(6-11(18)7-10)16(24)21-13(15(20)23)3-8-1-2-12(19)14(4-8)22(25)26/h1-2,4-7,13H,3H2,(H2,20,23)(H,21,24)/t13-/m1/s1. The molecule has 0 aliphatic carbocycles. The van der Waals surface area contributed by atoms with E-state index < -0.39 is 45.9 Å². The molecule has 0 saturated heterocycles. The summed E-state index contributed by atoms with van der Waals surface area (Å²) < 4.78 is 39.7. The first kappa shape index (κ1) is 18.9. The van der Waals surface area contributed by atoms with E-state index in [1.807, 2.05) is 0 Å². The highest BCUT2D eigenvalue weighted by atomic mass is 19.1. The normalized spacial score (nSPS) is 11.7. The fourth-order valence-electron chi connectivity index (χ4n) is 2.21. The second kappa shape index (κ2) is 7.64. The van der Waals surface area contributed by atoms with Gasteiger partial charge in [-0.2, -0.15) is 4.39 Å². The molecule has 136 valence electrons. The molecule has 0 fully saturated rings. The van der Waals surface area contributed by atoms with E-state index in [0.29, 0.717) is 6.07 Å². The van der Waals surface area contributed by atoms with Crippen molar-refractivity contribution in [2.75, 3.05) is 0 Å². The maximum atomic E-state index is 13.3. The van der Waals surface area contributed by atoms with Crippen molar-refractivity contribution in [3.05, 3.63) is 75.1 Å². The summed E-state index contributed by atoms with van der Waals surface area (Å²) in [6, 6.07) is 3.69. The van der Waals surface area contributed by atoms with Crippen LogP contribution in [0.15, 0.2) is 36.4 Å². The Labute approximate surface area is 144 Å². The van der Waals surface area contributed by atoms with Crippen LogP contribution < -0.4 is 11.1 Å². The number of carbonyl (C=O) groups is 2. The molecule has 1 atom stereocenters. The fraction of sp³-hybridized carbons (Fsp3) is 0.125. The highest BCUT2D eigenvalue weighted by Gasteiger charge is 2.22. The molecule has 0 heterocycles. The Morgan fingerprint density at radius 2 is 1.73 bits per heavy atom. The number of benzene rings is 2. The van der Waals surface area contributed by atoms with Crippen molar-refractivity contribution in [2.45, 2.75) is 12.5 Å². The van der Waals surface area contributed by atoms with Gasteiger partial charge in [-0.3, -0.25) is 19.7 Å². The lowest BCUT2D eigenvalue weighted by molar-refractivity contribution is -0.387. The zero-order valence-corrected chi connectivity index (χ0v) is 13.0. The van der Waals surface area contributed by atoms with Gasteiger partial charge in [0.1, 0.15) is 17.7 Å². The maximum absolute atomic E-state index is 13.3. The second-order valence-electron chi connectivity index (χ2n) is 5.33. The number of rotatable bonds is 6. The van der Waals surface area contributed by atoms with E-state index in [4.69, 9.17) is 5.73 Å². The van der Waals surface area contributed by atoms with E-state index in [2.05, 4.69) is 5.32 Å². The molecule has 0 unspecified atom stereocenters. The van der Waals surface area contributed by atoms with Crippen molar-refractivity contribution in [3.8, 4) is 0 Å². The van der Waals surface area contributed by atoms with Gasteiger partial charge in [-0.1, -0.05) is 6.07 Å².